The van der Waals surface area contributed by atoms with Crippen LogP contribution in [0.1, 0.15) is 24.8 Å². The molecule has 1 aromatic carbocycles. The Morgan fingerprint density at radius 1 is 1.25 bits per heavy atom. The molecule has 2 saturated heterocycles. The molecule has 0 bridgehead atoms. The van der Waals surface area contributed by atoms with Crippen LogP contribution in [0.4, 0.5) is 5.69 Å². The highest BCUT2D eigenvalue weighted by atomic mass is 79.9. The second-order valence-corrected chi connectivity index (χ2v) is 8.09. The second-order valence-electron chi connectivity index (χ2n) is 6.62. The highest BCUT2D eigenvalue weighted by Gasteiger charge is 2.26. The molecule has 2 heterocycles. The summed E-state index contributed by atoms with van der Waals surface area (Å²) in [6.07, 6.45) is 3.99. The Hall–Kier alpha value is -0.490. The zero-order valence-electron chi connectivity index (χ0n) is 14.4. The largest absolute Gasteiger partial charge is 0.490 e. The summed E-state index contributed by atoms with van der Waals surface area (Å²) in [5, 5.41) is 4.16. The number of benzene rings is 1. The van der Waals surface area contributed by atoms with E-state index in [4.69, 9.17) is 16.3 Å². The van der Waals surface area contributed by atoms with Crippen LogP contribution in [0, 0.1) is 6.92 Å². The normalized spacial score (nSPS) is 22.6. The van der Waals surface area contributed by atoms with E-state index in [9.17, 15) is 0 Å². The minimum atomic E-state index is 0.231. The lowest BCUT2D eigenvalue weighted by Crippen LogP contribution is -2.48. The number of piperazine rings is 1. The zero-order valence-corrected chi connectivity index (χ0v) is 16.7. The molecule has 134 valence electrons. The topological polar surface area (TPSA) is 27.7 Å². The molecule has 24 heavy (non-hydrogen) atoms. The molecule has 0 aliphatic carbocycles. The SMILES string of the molecule is Cc1ccc(Cl)c(N2CCNCC2Br)c1OCCN1CCCCC1. The monoisotopic (exact) mass is 415 g/mol. The van der Waals surface area contributed by atoms with E-state index in [0.29, 0.717) is 6.61 Å². The van der Waals surface area contributed by atoms with E-state index >= 15 is 0 Å². The Bertz CT molecular complexity index is 551. The van der Waals surface area contributed by atoms with E-state index in [2.05, 4.69) is 38.0 Å². The smallest absolute Gasteiger partial charge is 0.147 e. The lowest BCUT2D eigenvalue weighted by atomic mass is 10.1. The van der Waals surface area contributed by atoms with Gasteiger partial charge in [0.25, 0.3) is 0 Å². The minimum Gasteiger partial charge on any atom is -0.490 e. The summed E-state index contributed by atoms with van der Waals surface area (Å²) in [7, 11) is 0. The lowest BCUT2D eigenvalue weighted by molar-refractivity contribution is 0.183. The molecular formula is C18H27BrClN3O. The highest BCUT2D eigenvalue weighted by Crippen LogP contribution is 2.40. The number of likely N-dealkylation sites (tertiary alicyclic amines) is 1. The quantitative estimate of drug-likeness (QED) is 0.586. The van der Waals surface area contributed by atoms with Crippen LogP contribution in [0.15, 0.2) is 12.1 Å². The number of nitrogens with zero attached hydrogens (tertiary/aromatic N) is 2. The van der Waals surface area contributed by atoms with Gasteiger partial charge in [0.1, 0.15) is 12.4 Å². The van der Waals surface area contributed by atoms with Gasteiger partial charge in [0.15, 0.2) is 0 Å². The molecule has 4 nitrogen and oxygen atoms in total. The maximum atomic E-state index is 6.55. The fourth-order valence-corrected chi connectivity index (χ4v) is 4.38. The van der Waals surface area contributed by atoms with Crippen molar-refractivity contribution in [2.75, 3.05) is 50.8 Å². The second kappa shape index (κ2) is 8.75. The minimum absolute atomic E-state index is 0.231. The average Bonchev–Trinajstić information content (AvgIpc) is 2.60. The molecule has 2 aliphatic rings. The van der Waals surface area contributed by atoms with E-state index in [1.807, 2.05) is 12.1 Å². The molecule has 0 aromatic heterocycles. The number of halogens is 2. The van der Waals surface area contributed by atoms with Crippen LogP contribution < -0.4 is 15.0 Å². The van der Waals surface area contributed by atoms with Crippen LogP contribution in [-0.2, 0) is 0 Å². The van der Waals surface area contributed by atoms with Gasteiger partial charge in [-0.05, 0) is 44.5 Å². The van der Waals surface area contributed by atoms with Gasteiger partial charge >= 0.3 is 0 Å². The van der Waals surface area contributed by atoms with Crippen molar-refractivity contribution in [2.24, 2.45) is 0 Å². The fraction of sp³-hybridized carbons (Fsp3) is 0.667. The Labute approximate surface area is 158 Å². The van der Waals surface area contributed by atoms with E-state index in [1.165, 1.54) is 32.4 Å². The molecule has 0 spiro atoms. The summed E-state index contributed by atoms with van der Waals surface area (Å²) in [6.45, 7) is 8.98. The van der Waals surface area contributed by atoms with Crippen molar-refractivity contribution >= 4 is 33.2 Å². The predicted octanol–water partition coefficient (Wildman–Crippen LogP) is 3.64. The number of ether oxygens (including phenoxy) is 1. The molecule has 0 radical (unpaired) electrons. The summed E-state index contributed by atoms with van der Waals surface area (Å²) in [5.74, 6) is 0.936. The third-order valence-electron chi connectivity index (χ3n) is 4.85. The zero-order chi connectivity index (χ0) is 16.9. The van der Waals surface area contributed by atoms with E-state index in [1.54, 1.807) is 0 Å². The van der Waals surface area contributed by atoms with Crippen LogP contribution >= 0.6 is 27.5 Å². The first-order valence-electron chi connectivity index (χ1n) is 8.92. The molecular weight excluding hydrogens is 390 g/mol. The van der Waals surface area contributed by atoms with Gasteiger partial charge in [-0.3, -0.25) is 4.90 Å². The Morgan fingerprint density at radius 3 is 2.79 bits per heavy atom. The number of hydrogen-bond acceptors (Lipinski definition) is 4. The van der Waals surface area contributed by atoms with Crippen molar-refractivity contribution < 1.29 is 4.74 Å². The van der Waals surface area contributed by atoms with Gasteiger partial charge in [0.05, 0.1) is 15.7 Å². The molecule has 1 aromatic rings. The summed E-state index contributed by atoms with van der Waals surface area (Å²) < 4.78 is 6.24. The van der Waals surface area contributed by atoms with Gasteiger partial charge < -0.3 is 15.0 Å². The first-order valence-corrected chi connectivity index (χ1v) is 10.2. The number of rotatable bonds is 5. The van der Waals surface area contributed by atoms with E-state index in [0.717, 1.165) is 48.2 Å². The number of piperidine rings is 1. The number of hydrogen-bond donors (Lipinski definition) is 1. The Balaban J connectivity index is 1.72. The van der Waals surface area contributed by atoms with Gasteiger partial charge in [-0.2, -0.15) is 0 Å². The number of anilines is 1. The average molecular weight is 417 g/mol. The van der Waals surface area contributed by atoms with Crippen LogP contribution in [0.3, 0.4) is 0 Å². The summed E-state index contributed by atoms with van der Waals surface area (Å²) in [4.78, 5) is 5.04. The maximum Gasteiger partial charge on any atom is 0.147 e. The van der Waals surface area contributed by atoms with Crippen LogP contribution in [0.25, 0.3) is 0 Å². The van der Waals surface area contributed by atoms with E-state index in [-0.39, 0.29) is 4.95 Å². The number of alkyl halides is 1. The number of nitrogens with one attached hydrogen (secondary N) is 1. The molecule has 3 rings (SSSR count). The van der Waals surface area contributed by atoms with Gasteiger partial charge in [-0.25, -0.2) is 0 Å². The van der Waals surface area contributed by atoms with Crippen molar-refractivity contribution in [2.45, 2.75) is 31.1 Å². The summed E-state index contributed by atoms with van der Waals surface area (Å²) in [5.41, 5.74) is 2.17. The first-order chi connectivity index (χ1) is 11.7. The first kappa shape index (κ1) is 18.3. The van der Waals surface area contributed by atoms with Crippen molar-refractivity contribution in [3.05, 3.63) is 22.7 Å². The third kappa shape index (κ3) is 4.37. The van der Waals surface area contributed by atoms with Gasteiger partial charge in [-0.1, -0.05) is 40.0 Å². The molecule has 2 fully saturated rings. The summed E-state index contributed by atoms with van der Waals surface area (Å²) in [6, 6.07) is 4.03. The Kier molecular flexibility index (Phi) is 6.67. The van der Waals surface area contributed by atoms with Crippen LogP contribution in [-0.4, -0.2) is 55.7 Å². The molecule has 6 heteroatoms. The van der Waals surface area contributed by atoms with Crippen LogP contribution in [0.5, 0.6) is 5.75 Å². The maximum absolute atomic E-state index is 6.55. The fourth-order valence-electron chi connectivity index (χ4n) is 3.48. The molecule has 2 aliphatic heterocycles. The van der Waals surface area contributed by atoms with Gasteiger partial charge in [-0.15, -0.1) is 0 Å². The Morgan fingerprint density at radius 2 is 2.04 bits per heavy atom. The summed E-state index contributed by atoms with van der Waals surface area (Å²) >= 11 is 10.3. The molecule has 1 atom stereocenters. The third-order valence-corrected chi connectivity index (χ3v) is 5.97. The van der Waals surface area contributed by atoms with Crippen LogP contribution in [0.2, 0.25) is 5.02 Å². The molecule has 1 unspecified atom stereocenters. The van der Waals surface area contributed by atoms with Crippen molar-refractivity contribution in [3.63, 3.8) is 0 Å². The molecule has 0 amide bonds. The standard InChI is InChI=1S/C18H27BrClN3O/c1-14-5-6-15(20)17(23-10-7-21-13-16(23)19)18(14)24-12-11-22-8-3-2-4-9-22/h5-6,16,21H,2-4,7-13H2,1H3. The van der Waals surface area contributed by atoms with Crippen molar-refractivity contribution in [1.29, 1.82) is 0 Å². The van der Waals surface area contributed by atoms with Crippen molar-refractivity contribution in [1.82, 2.24) is 10.2 Å². The highest BCUT2D eigenvalue weighted by molar-refractivity contribution is 9.09. The van der Waals surface area contributed by atoms with Gasteiger partial charge in [0, 0.05) is 26.2 Å². The van der Waals surface area contributed by atoms with Crippen molar-refractivity contribution in [3.8, 4) is 5.75 Å². The lowest BCUT2D eigenvalue weighted by Gasteiger charge is -2.36. The predicted molar refractivity (Wildman–Crippen MR) is 105 cm³/mol. The van der Waals surface area contributed by atoms with Gasteiger partial charge in [0.2, 0.25) is 0 Å². The molecule has 1 N–H and O–H groups in total. The molecule has 0 saturated carbocycles. The van der Waals surface area contributed by atoms with E-state index < -0.39 is 0 Å². The number of aryl methyl sites for hydroxylation is 1.